The summed E-state index contributed by atoms with van der Waals surface area (Å²) in [6, 6.07) is 8.38. The molecule has 1 aromatic carbocycles. The highest BCUT2D eigenvalue weighted by molar-refractivity contribution is 5.81. The predicted octanol–water partition coefficient (Wildman–Crippen LogP) is 4.82. The largest absolute Gasteiger partial charge is 0.345 e. The molecule has 0 saturated carbocycles. The number of benzene rings is 1. The number of nitrogens with zero attached hydrogens (tertiary/aromatic N) is 2. The van der Waals surface area contributed by atoms with Gasteiger partial charge in [-0.25, -0.2) is 4.39 Å². The van der Waals surface area contributed by atoms with E-state index in [2.05, 4.69) is 17.1 Å². The Morgan fingerprint density at radius 2 is 1.88 bits per heavy atom. The number of carbonyl (C=O) groups is 1. The van der Waals surface area contributed by atoms with Crippen LogP contribution < -0.4 is 0 Å². The van der Waals surface area contributed by atoms with E-state index in [1.54, 1.807) is 12.1 Å². The first-order valence-corrected chi connectivity index (χ1v) is 9.39. The van der Waals surface area contributed by atoms with Crippen molar-refractivity contribution in [3.63, 3.8) is 0 Å². The van der Waals surface area contributed by atoms with E-state index in [4.69, 9.17) is 0 Å². The van der Waals surface area contributed by atoms with Gasteiger partial charge in [-0.15, -0.1) is 0 Å². The number of rotatable bonds is 9. The van der Waals surface area contributed by atoms with Crippen LogP contribution in [0.1, 0.15) is 52.1 Å². The number of amides is 1. The maximum atomic E-state index is 13.0. The van der Waals surface area contributed by atoms with Gasteiger partial charge >= 0.3 is 0 Å². The molecule has 0 spiro atoms. The lowest BCUT2D eigenvalue weighted by Crippen LogP contribution is -2.38. The lowest BCUT2D eigenvalue weighted by atomic mass is 9.88. The fraction of sp³-hybridized carbons (Fsp3) is 0.524. The normalized spacial score (nSPS) is 11.6. The Bertz CT molecular complexity index is 706. The van der Waals surface area contributed by atoms with Crippen molar-refractivity contribution in [1.82, 2.24) is 15.1 Å². The average Bonchev–Trinajstić information content (AvgIpc) is 3.10. The summed E-state index contributed by atoms with van der Waals surface area (Å²) in [6.07, 6.45) is 4.89. The molecule has 0 saturated heterocycles. The highest BCUT2D eigenvalue weighted by Crippen LogP contribution is 2.23. The third-order valence-corrected chi connectivity index (χ3v) is 5.02. The van der Waals surface area contributed by atoms with Crippen molar-refractivity contribution in [2.24, 2.45) is 5.41 Å². The van der Waals surface area contributed by atoms with E-state index in [9.17, 15) is 9.18 Å². The summed E-state index contributed by atoms with van der Waals surface area (Å²) in [5.41, 5.74) is 2.56. The maximum Gasteiger partial charge on any atom is 0.227 e. The molecule has 1 aromatic heterocycles. The summed E-state index contributed by atoms with van der Waals surface area (Å²) >= 11 is 0. The molecule has 0 atom stereocenters. The zero-order valence-corrected chi connectivity index (χ0v) is 16.3. The molecule has 1 amide bonds. The van der Waals surface area contributed by atoms with Gasteiger partial charge in [0, 0.05) is 30.3 Å². The smallest absolute Gasteiger partial charge is 0.227 e. The Kier molecular flexibility index (Phi) is 6.95. The number of hydrogen-bond donors (Lipinski definition) is 1. The van der Waals surface area contributed by atoms with E-state index in [0.717, 1.165) is 55.6 Å². The Balaban J connectivity index is 1.72. The Labute approximate surface area is 155 Å². The van der Waals surface area contributed by atoms with Crippen LogP contribution >= 0.6 is 0 Å². The molecule has 1 N–H and O–H groups in total. The number of hydrogen-bond acceptors (Lipinski definition) is 2. The highest BCUT2D eigenvalue weighted by atomic mass is 19.1. The van der Waals surface area contributed by atoms with Gasteiger partial charge in [-0.2, -0.15) is 5.10 Å². The second kappa shape index (κ2) is 8.97. The van der Waals surface area contributed by atoms with Crippen LogP contribution in [-0.2, 0) is 11.2 Å². The standard InChI is InChI=1S/C21H30FN3O/c1-5-21(2,3)20(26)25(4)14-8-6-7-9-18-15-19(24-23-18)16-10-12-17(22)13-11-16/h10-13,15H,5-9,14H2,1-4H3,(H,23,24). The SMILES string of the molecule is CCC(C)(C)C(=O)N(C)CCCCCc1cc(-c2ccc(F)cc2)n[nH]1. The highest BCUT2D eigenvalue weighted by Gasteiger charge is 2.27. The van der Waals surface area contributed by atoms with Crippen molar-refractivity contribution >= 4 is 5.91 Å². The van der Waals surface area contributed by atoms with Crippen LogP contribution in [0, 0.1) is 11.2 Å². The molecular weight excluding hydrogens is 329 g/mol. The monoisotopic (exact) mass is 359 g/mol. The zero-order valence-electron chi connectivity index (χ0n) is 16.3. The summed E-state index contributed by atoms with van der Waals surface area (Å²) in [6.45, 7) is 6.86. The number of H-pyrrole nitrogens is 1. The number of aryl methyl sites for hydroxylation is 1. The van der Waals surface area contributed by atoms with Gasteiger partial charge in [0.15, 0.2) is 0 Å². The van der Waals surface area contributed by atoms with Gasteiger partial charge in [0.05, 0.1) is 5.69 Å². The summed E-state index contributed by atoms with van der Waals surface area (Å²) in [4.78, 5) is 14.2. The van der Waals surface area contributed by atoms with Gasteiger partial charge in [-0.3, -0.25) is 9.89 Å². The molecule has 4 nitrogen and oxygen atoms in total. The molecule has 5 heteroatoms. The molecule has 2 rings (SSSR count). The molecule has 2 aromatic rings. The molecule has 26 heavy (non-hydrogen) atoms. The molecule has 0 unspecified atom stereocenters. The quantitative estimate of drug-likeness (QED) is 0.652. The topological polar surface area (TPSA) is 49.0 Å². The Hall–Kier alpha value is -2.17. The van der Waals surface area contributed by atoms with Gasteiger partial charge in [0.1, 0.15) is 5.82 Å². The molecule has 142 valence electrons. The van der Waals surface area contributed by atoms with Crippen LogP contribution in [0.2, 0.25) is 0 Å². The van der Waals surface area contributed by atoms with E-state index in [-0.39, 0.29) is 17.1 Å². The summed E-state index contributed by atoms with van der Waals surface area (Å²) < 4.78 is 13.0. The third kappa shape index (κ3) is 5.41. The summed E-state index contributed by atoms with van der Waals surface area (Å²) in [5.74, 6) is -0.0206. The second-order valence-electron chi connectivity index (χ2n) is 7.56. The molecule has 0 aliphatic carbocycles. The van der Waals surface area contributed by atoms with Crippen LogP contribution in [0.3, 0.4) is 0 Å². The van der Waals surface area contributed by atoms with Crippen molar-refractivity contribution in [2.75, 3.05) is 13.6 Å². The van der Waals surface area contributed by atoms with Crippen molar-refractivity contribution < 1.29 is 9.18 Å². The number of carbonyl (C=O) groups excluding carboxylic acids is 1. The molecular formula is C21H30FN3O. The molecule has 0 aliphatic heterocycles. The van der Waals surface area contributed by atoms with E-state index in [1.807, 2.05) is 31.9 Å². The van der Waals surface area contributed by atoms with Gasteiger partial charge < -0.3 is 4.90 Å². The van der Waals surface area contributed by atoms with Crippen molar-refractivity contribution in [1.29, 1.82) is 0 Å². The summed E-state index contributed by atoms with van der Waals surface area (Å²) in [7, 11) is 1.89. The molecule has 0 fully saturated rings. The van der Waals surface area contributed by atoms with E-state index >= 15 is 0 Å². The van der Waals surface area contributed by atoms with Gasteiger partial charge in [0.25, 0.3) is 0 Å². The first-order chi connectivity index (χ1) is 12.3. The fourth-order valence-electron chi connectivity index (χ4n) is 2.87. The van der Waals surface area contributed by atoms with Gasteiger partial charge in [0.2, 0.25) is 5.91 Å². The van der Waals surface area contributed by atoms with Crippen LogP contribution in [0.4, 0.5) is 4.39 Å². The van der Waals surface area contributed by atoms with E-state index < -0.39 is 0 Å². The van der Waals surface area contributed by atoms with E-state index in [1.165, 1.54) is 12.1 Å². The first kappa shape index (κ1) is 20.1. The number of aromatic nitrogens is 2. The van der Waals surface area contributed by atoms with Crippen molar-refractivity contribution in [2.45, 2.75) is 52.9 Å². The third-order valence-electron chi connectivity index (χ3n) is 5.02. The van der Waals surface area contributed by atoms with Crippen LogP contribution in [0.15, 0.2) is 30.3 Å². The summed E-state index contributed by atoms with van der Waals surface area (Å²) in [5, 5.41) is 7.36. The average molecular weight is 359 g/mol. The minimum absolute atomic E-state index is 0.220. The maximum absolute atomic E-state index is 13.0. The van der Waals surface area contributed by atoms with Crippen molar-refractivity contribution in [3.05, 3.63) is 41.8 Å². The van der Waals surface area contributed by atoms with Crippen LogP contribution in [0.25, 0.3) is 11.3 Å². The van der Waals surface area contributed by atoms with Gasteiger partial charge in [-0.1, -0.05) is 27.2 Å². The minimum atomic E-state index is -0.276. The minimum Gasteiger partial charge on any atom is -0.345 e. The van der Waals surface area contributed by atoms with Gasteiger partial charge in [-0.05, 0) is 56.0 Å². The number of aromatic amines is 1. The number of unbranched alkanes of at least 4 members (excludes halogenated alkanes) is 2. The predicted molar refractivity (Wildman–Crippen MR) is 103 cm³/mol. The first-order valence-electron chi connectivity index (χ1n) is 9.39. The molecule has 0 aliphatic rings. The fourth-order valence-corrected chi connectivity index (χ4v) is 2.87. The van der Waals surface area contributed by atoms with Crippen LogP contribution in [0.5, 0.6) is 0 Å². The Morgan fingerprint density at radius 3 is 2.54 bits per heavy atom. The molecule has 0 bridgehead atoms. The molecule has 1 heterocycles. The Morgan fingerprint density at radius 1 is 1.19 bits per heavy atom. The number of halogens is 1. The van der Waals surface area contributed by atoms with Crippen LogP contribution in [-0.4, -0.2) is 34.6 Å². The lowest BCUT2D eigenvalue weighted by molar-refractivity contribution is -0.139. The molecule has 0 radical (unpaired) electrons. The van der Waals surface area contributed by atoms with Crippen molar-refractivity contribution in [3.8, 4) is 11.3 Å². The zero-order chi connectivity index (χ0) is 19.2. The van der Waals surface area contributed by atoms with E-state index in [0.29, 0.717) is 0 Å². The second-order valence-corrected chi connectivity index (χ2v) is 7.56. The lowest BCUT2D eigenvalue weighted by Gasteiger charge is -2.28. The number of nitrogens with one attached hydrogen (secondary N) is 1.